The average Bonchev–Trinajstić information content (AvgIpc) is 2.82. The van der Waals surface area contributed by atoms with Gasteiger partial charge in [0.05, 0.1) is 12.9 Å². The van der Waals surface area contributed by atoms with Gasteiger partial charge in [-0.05, 0) is 19.3 Å². The lowest BCUT2D eigenvalue weighted by Crippen LogP contribution is -2.15. The van der Waals surface area contributed by atoms with Gasteiger partial charge in [-0.3, -0.25) is 0 Å². The van der Waals surface area contributed by atoms with Crippen LogP contribution in [0.4, 0.5) is 0 Å². The highest BCUT2D eigenvalue weighted by Gasteiger charge is 2.25. The quantitative estimate of drug-likeness (QED) is 0.808. The van der Waals surface area contributed by atoms with E-state index in [2.05, 4.69) is 9.55 Å². The highest BCUT2D eigenvalue weighted by atomic mass is 16.5. The summed E-state index contributed by atoms with van der Waals surface area (Å²) in [5.74, 6) is 0.597. The SMILES string of the molecule is COCCn1cncc1[C@@H]1CC[C@H](N)C1. The van der Waals surface area contributed by atoms with Crippen LogP contribution in [0, 0.1) is 0 Å². The molecule has 0 aliphatic heterocycles. The van der Waals surface area contributed by atoms with E-state index in [4.69, 9.17) is 10.5 Å². The van der Waals surface area contributed by atoms with E-state index < -0.39 is 0 Å². The summed E-state index contributed by atoms with van der Waals surface area (Å²) in [7, 11) is 1.72. The molecule has 2 rings (SSSR count). The van der Waals surface area contributed by atoms with Crippen molar-refractivity contribution in [2.45, 2.75) is 37.8 Å². The van der Waals surface area contributed by atoms with Crippen molar-refractivity contribution in [2.24, 2.45) is 5.73 Å². The second kappa shape index (κ2) is 4.77. The molecule has 1 aromatic heterocycles. The highest BCUT2D eigenvalue weighted by molar-refractivity contribution is 5.09. The Balaban J connectivity index is 2.04. The average molecular weight is 209 g/mol. The van der Waals surface area contributed by atoms with E-state index in [1.54, 1.807) is 7.11 Å². The molecule has 0 bridgehead atoms. The van der Waals surface area contributed by atoms with Crippen molar-refractivity contribution < 1.29 is 4.74 Å². The fourth-order valence-corrected chi connectivity index (χ4v) is 2.33. The molecule has 4 nitrogen and oxygen atoms in total. The van der Waals surface area contributed by atoms with Crippen LogP contribution in [0.1, 0.15) is 30.9 Å². The second-order valence-corrected chi connectivity index (χ2v) is 4.27. The number of nitrogens with two attached hydrogens (primary N) is 1. The predicted molar refractivity (Wildman–Crippen MR) is 58.7 cm³/mol. The summed E-state index contributed by atoms with van der Waals surface area (Å²) in [6, 6.07) is 0.376. The standard InChI is InChI=1S/C11H19N3O/c1-15-5-4-14-8-13-7-11(14)9-2-3-10(12)6-9/h7-10H,2-6,12H2,1H3/t9-,10+/m1/s1. The minimum absolute atomic E-state index is 0.376. The van der Waals surface area contributed by atoms with E-state index in [1.807, 2.05) is 12.5 Å². The molecular weight excluding hydrogens is 190 g/mol. The van der Waals surface area contributed by atoms with Crippen LogP contribution in [0.15, 0.2) is 12.5 Å². The number of methoxy groups -OCH3 is 1. The maximum absolute atomic E-state index is 5.93. The summed E-state index contributed by atoms with van der Waals surface area (Å²) in [6.45, 7) is 1.62. The van der Waals surface area contributed by atoms with Crippen LogP contribution in [0.5, 0.6) is 0 Å². The molecule has 1 heterocycles. The second-order valence-electron chi connectivity index (χ2n) is 4.27. The lowest BCUT2D eigenvalue weighted by molar-refractivity contribution is 0.186. The fourth-order valence-electron chi connectivity index (χ4n) is 2.33. The third-order valence-electron chi connectivity index (χ3n) is 3.17. The van der Waals surface area contributed by atoms with Gasteiger partial charge < -0.3 is 15.0 Å². The number of ether oxygens (including phenoxy) is 1. The lowest BCUT2D eigenvalue weighted by atomic mass is 10.0. The lowest BCUT2D eigenvalue weighted by Gasteiger charge is -2.13. The van der Waals surface area contributed by atoms with E-state index in [9.17, 15) is 0 Å². The molecule has 1 aromatic rings. The van der Waals surface area contributed by atoms with Gasteiger partial charge in [-0.2, -0.15) is 0 Å². The zero-order valence-electron chi connectivity index (χ0n) is 9.22. The number of aromatic nitrogens is 2. The minimum Gasteiger partial charge on any atom is -0.383 e. The first-order valence-corrected chi connectivity index (χ1v) is 5.56. The summed E-state index contributed by atoms with van der Waals surface area (Å²) in [5.41, 5.74) is 7.25. The van der Waals surface area contributed by atoms with Gasteiger partial charge in [-0.15, -0.1) is 0 Å². The molecule has 4 heteroatoms. The minimum atomic E-state index is 0.376. The first kappa shape index (κ1) is 10.6. The number of rotatable bonds is 4. The Morgan fingerprint density at radius 3 is 3.13 bits per heavy atom. The summed E-state index contributed by atoms with van der Waals surface area (Å²) in [5, 5.41) is 0. The van der Waals surface area contributed by atoms with Crippen LogP contribution in [0.3, 0.4) is 0 Å². The molecule has 1 saturated carbocycles. The molecule has 0 spiro atoms. The monoisotopic (exact) mass is 209 g/mol. The van der Waals surface area contributed by atoms with Crippen LogP contribution >= 0.6 is 0 Å². The summed E-state index contributed by atoms with van der Waals surface area (Å²) in [4.78, 5) is 4.21. The summed E-state index contributed by atoms with van der Waals surface area (Å²) < 4.78 is 7.27. The van der Waals surface area contributed by atoms with Crippen molar-refractivity contribution >= 4 is 0 Å². The van der Waals surface area contributed by atoms with Gasteiger partial charge in [0.15, 0.2) is 0 Å². The van der Waals surface area contributed by atoms with E-state index >= 15 is 0 Å². The molecule has 15 heavy (non-hydrogen) atoms. The van der Waals surface area contributed by atoms with Gasteiger partial charge in [-0.25, -0.2) is 4.98 Å². The largest absolute Gasteiger partial charge is 0.383 e. The van der Waals surface area contributed by atoms with Crippen molar-refractivity contribution in [3.63, 3.8) is 0 Å². The topological polar surface area (TPSA) is 53.1 Å². The molecule has 2 N–H and O–H groups in total. The van der Waals surface area contributed by atoms with Gasteiger partial charge in [0.25, 0.3) is 0 Å². The zero-order chi connectivity index (χ0) is 10.7. The molecule has 1 aliphatic rings. The van der Waals surface area contributed by atoms with Gasteiger partial charge in [0, 0.05) is 37.5 Å². The van der Waals surface area contributed by atoms with Crippen LogP contribution in [0.2, 0.25) is 0 Å². The Labute approximate surface area is 90.4 Å². The molecule has 84 valence electrons. The third-order valence-corrected chi connectivity index (χ3v) is 3.17. The molecule has 0 amide bonds. The number of imidazole rings is 1. The van der Waals surface area contributed by atoms with Crippen LogP contribution in [0.25, 0.3) is 0 Å². The molecule has 1 aliphatic carbocycles. The van der Waals surface area contributed by atoms with Gasteiger partial charge in [-0.1, -0.05) is 0 Å². The Morgan fingerprint density at radius 2 is 2.47 bits per heavy atom. The maximum Gasteiger partial charge on any atom is 0.0949 e. The van der Waals surface area contributed by atoms with E-state index in [0.717, 1.165) is 26.0 Å². The van der Waals surface area contributed by atoms with E-state index in [1.165, 1.54) is 12.1 Å². The third kappa shape index (κ3) is 2.38. The molecule has 0 saturated heterocycles. The molecule has 2 atom stereocenters. The Kier molecular flexibility index (Phi) is 3.38. The number of hydrogen-bond donors (Lipinski definition) is 1. The number of hydrogen-bond acceptors (Lipinski definition) is 3. The Bertz CT molecular complexity index is 311. The normalized spacial score (nSPS) is 26.0. The van der Waals surface area contributed by atoms with Crippen molar-refractivity contribution in [3.05, 3.63) is 18.2 Å². The highest BCUT2D eigenvalue weighted by Crippen LogP contribution is 2.33. The van der Waals surface area contributed by atoms with Crippen molar-refractivity contribution in [1.82, 2.24) is 9.55 Å². The van der Waals surface area contributed by atoms with Crippen LogP contribution < -0.4 is 5.73 Å². The maximum atomic E-state index is 5.93. The van der Waals surface area contributed by atoms with Gasteiger partial charge in [0.1, 0.15) is 0 Å². The van der Waals surface area contributed by atoms with Crippen molar-refractivity contribution in [1.29, 1.82) is 0 Å². The zero-order valence-corrected chi connectivity index (χ0v) is 9.22. The molecule has 0 aromatic carbocycles. The van der Waals surface area contributed by atoms with E-state index in [0.29, 0.717) is 12.0 Å². The molecule has 0 radical (unpaired) electrons. The first-order valence-electron chi connectivity index (χ1n) is 5.56. The van der Waals surface area contributed by atoms with Crippen molar-refractivity contribution in [3.8, 4) is 0 Å². The molecule has 0 unspecified atom stereocenters. The Morgan fingerprint density at radius 1 is 1.60 bits per heavy atom. The van der Waals surface area contributed by atoms with Crippen LogP contribution in [-0.4, -0.2) is 29.3 Å². The molecular formula is C11H19N3O. The Hall–Kier alpha value is -0.870. The number of nitrogens with zero attached hydrogens (tertiary/aromatic N) is 2. The first-order chi connectivity index (χ1) is 7.31. The fraction of sp³-hybridized carbons (Fsp3) is 0.727. The van der Waals surface area contributed by atoms with Crippen LogP contribution in [-0.2, 0) is 11.3 Å². The molecule has 1 fully saturated rings. The summed E-state index contributed by atoms with van der Waals surface area (Å²) >= 11 is 0. The predicted octanol–water partition coefficient (Wildman–Crippen LogP) is 1.12. The van der Waals surface area contributed by atoms with E-state index in [-0.39, 0.29) is 0 Å². The van der Waals surface area contributed by atoms with Crippen molar-refractivity contribution in [2.75, 3.05) is 13.7 Å². The summed E-state index contributed by atoms with van der Waals surface area (Å²) in [6.07, 6.45) is 7.29. The van der Waals surface area contributed by atoms with Gasteiger partial charge >= 0.3 is 0 Å². The smallest absolute Gasteiger partial charge is 0.0949 e. The van der Waals surface area contributed by atoms with Gasteiger partial charge in [0.2, 0.25) is 0 Å².